The van der Waals surface area contributed by atoms with Gasteiger partial charge in [0, 0.05) is 24.4 Å². The van der Waals surface area contributed by atoms with Crippen molar-refractivity contribution in [3.05, 3.63) is 81.0 Å². The van der Waals surface area contributed by atoms with E-state index in [-0.39, 0.29) is 18.3 Å². The predicted octanol–water partition coefficient (Wildman–Crippen LogP) is 3.71. The summed E-state index contributed by atoms with van der Waals surface area (Å²) in [6.07, 6.45) is 0. The summed E-state index contributed by atoms with van der Waals surface area (Å²) in [7, 11) is 1.31. The number of esters is 1. The minimum Gasteiger partial charge on any atom is -0.489 e. The van der Waals surface area contributed by atoms with Crippen molar-refractivity contribution in [2.75, 3.05) is 13.7 Å². The first-order valence-corrected chi connectivity index (χ1v) is 9.69. The van der Waals surface area contributed by atoms with Gasteiger partial charge in [0.25, 0.3) is 5.69 Å². The average Bonchev–Trinajstić information content (AvgIpc) is 2.77. The van der Waals surface area contributed by atoms with E-state index in [1.165, 1.54) is 24.1 Å². The standard InChI is InChI=1S/C22H23N3O6/c1-4-24-14(2)19(21(26)30-3)20(23-22(24)27)16-7-11-18(12-8-16)31-13-15-5-9-17(10-6-15)25(28)29/h5-12,20H,4,13H2,1-3H3,(H,23,27). The van der Waals surface area contributed by atoms with Gasteiger partial charge in [0.2, 0.25) is 0 Å². The third-order valence-corrected chi connectivity index (χ3v) is 5.08. The van der Waals surface area contributed by atoms with Gasteiger partial charge in [0.05, 0.1) is 23.6 Å². The molecule has 3 rings (SSSR count). The number of nitro benzene ring substituents is 1. The van der Waals surface area contributed by atoms with Crippen molar-refractivity contribution in [2.45, 2.75) is 26.5 Å². The van der Waals surface area contributed by atoms with E-state index in [0.29, 0.717) is 29.1 Å². The number of allylic oxidation sites excluding steroid dienone is 1. The highest BCUT2D eigenvalue weighted by Gasteiger charge is 2.35. The maximum atomic E-state index is 12.4. The first kappa shape index (κ1) is 21.8. The lowest BCUT2D eigenvalue weighted by molar-refractivity contribution is -0.384. The van der Waals surface area contributed by atoms with Crippen LogP contribution in [-0.2, 0) is 16.1 Å². The number of ether oxygens (including phenoxy) is 2. The Morgan fingerprint density at radius 1 is 1.16 bits per heavy atom. The minimum absolute atomic E-state index is 0.0222. The maximum Gasteiger partial charge on any atom is 0.337 e. The Morgan fingerprint density at radius 3 is 2.35 bits per heavy atom. The topological polar surface area (TPSA) is 111 Å². The number of nitro groups is 1. The van der Waals surface area contributed by atoms with Crippen molar-refractivity contribution >= 4 is 17.7 Å². The maximum absolute atomic E-state index is 12.4. The van der Waals surface area contributed by atoms with Crippen LogP contribution in [0.3, 0.4) is 0 Å². The van der Waals surface area contributed by atoms with Crippen LogP contribution in [0.25, 0.3) is 0 Å². The monoisotopic (exact) mass is 425 g/mol. The number of rotatable bonds is 7. The van der Waals surface area contributed by atoms with Crippen LogP contribution in [0, 0.1) is 10.1 Å². The average molecular weight is 425 g/mol. The fourth-order valence-corrected chi connectivity index (χ4v) is 3.42. The van der Waals surface area contributed by atoms with E-state index in [0.717, 1.165) is 5.56 Å². The van der Waals surface area contributed by atoms with Crippen molar-refractivity contribution in [1.82, 2.24) is 10.2 Å². The Balaban J connectivity index is 1.76. The quantitative estimate of drug-likeness (QED) is 0.411. The lowest BCUT2D eigenvalue weighted by Gasteiger charge is -2.34. The van der Waals surface area contributed by atoms with Gasteiger partial charge >= 0.3 is 12.0 Å². The molecule has 2 aromatic carbocycles. The molecule has 1 aliphatic rings. The molecule has 9 heteroatoms. The number of hydrogen-bond acceptors (Lipinski definition) is 6. The van der Waals surface area contributed by atoms with Crippen molar-refractivity contribution in [2.24, 2.45) is 0 Å². The van der Waals surface area contributed by atoms with Gasteiger partial charge < -0.3 is 14.8 Å². The van der Waals surface area contributed by atoms with Crippen molar-refractivity contribution < 1.29 is 24.0 Å². The third-order valence-electron chi connectivity index (χ3n) is 5.08. The van der Waals surface area contributed by atoms with Gasteiger partial charge in [-0.3, -0.25) is 15.0 Å². The van der Waals surface area contributed by atoms with E-state index in [9.17, 15) is 19.7 Å². The molecular weight excluding hydrogens is 402 g/mol. The molecule has 0 saturated heterocycles. The van der Waals surface area contributed by atoms with E-state index in [2.05, 4.69) is 5.32 Å². The largest absolute Gasteiger partial charge is 0.489 e. The number of amides is 2. The summed E-state index contributed by atoms with van der Waals surface area (Å²) in [4.78, 5) is 36.6. The lowest BCUT2D eigenvalue weighted by Crippen LogP contribution is -2.47. The molecule has 0 radical (unpaired) electrons. The normalized spacial score (nSPS) is 16.0. The molecule has 0 bridgehead atoms. The SMILES string of the molecule is CCN1C(=O)NC(c2ccc(OCc3ccc([N+](=O)[O-])cc3)cc2)C(C(=O)OC)=C1C. The number of hydrogen-bond donors (Lipinski definition) is 1. The molecular formula is C22H23N3O6. The van der Waals surface area contributed by atoms with Crippen LogP contribution in [0.15, 0.2) is 59.8 Å². The Labute approximate surface area is 179 Å². The third kappa shape index (κ3) is 4.66. The van der Waals surface area contributed by atoms with Crippen LogP contribution in [0.5, 0.6) is 5.75 Å². The van der Waals surface area contributed by atoms with Gasteiger partial charge in [-0.2, -0.15) is 0 Å². The molecule has 1 atom stereocenters. The summed E-state index contributed by atoms with van der Waals surface area (Å²) in [5.74, 6) is 0.0826. The predicted molar refractivity (Wildman–Crippen MR) is 112 cm³/mol. The Hall–Kier alpha value is -3.88. The van der Waals surface area contributed by atoms with Crippen molar-refractivity contribution in [3.63, 3.8) is 0 Å². The molecule has 1 heterocycles. The summed E-state index contributed by atoms with van der Waals surface area (Å²) in [6.45, 7) is 4.23. The Bertz CT molecular complexity index is 1010. The second-order valence-electron chi connectivity index (χ2n) is 6.90. The highest BCUT2D eigenvalue weighted by atomic mass is 16.6. The smallest absolute Gasteiger partial charge is 0.337 e. The van der Waals surface area contributed by atoms with E-state index < -0.39 is 16.9 Å². The minimum atomic E-state index is -0.633. The Morgan fingerprint density at radius 2 is 1.81 bits per heavy atom. The molecule has 0 spiro atoms. The molecule has 1 unspecified atom stereocenters. The van der Waals surface area contributed by atoms with Crippen LogP contribution in [-0.4, -0.2) is 35.5 Å². The zero-order chi connectivity index (χ0) is 22.5. The second kappa shape index (κ2) is 9.29. The van der Waals surface area contributed by atoms with Gasteiger partial charge in [0.15, 0.2) is 0 Å². The van der Waals surface area contributed by atoms with Gasteiger partial charge in [-0.15, -0.1) is 0 Å². The van der Waals surface area contributed by atoms with Crippen LogP contribution >= 0.6 is 0 Å². The Kier molecular flexibility index (Phi) is 6.54. The number of carbonyl (C=O) groups excluding carboxylic acids is 2. The summed E-state index contributed by atoms with van der Waals surface area (Å²) < 4.78 is 10.7. The number of non-ortho nitro benzene ring substituents is 1. The molecule has 31 heavy (non-hydrogen) atoms. The van der Waals surface area contributed by atoms with Crippen LogP contribution in [0.4, 0.5) is 10.5 Å². The highest BCUT2D eigenvalue weighted by Crippen LogP contribution is 2.32. The summed E-state index contributed by atoms with van der Waals surface area (Å²) in [5, 5.41) is 13.6. The van der Waals surface area contributed by atoms with Gasteiger partial charge in [-0.25, -0.2) is 9.59 Å². The number of urea groups is 1. The number of nitrogens with zero attached hydrogens (tertiary/aromatic N) is 2. The van der Waals surface area contributed by atoms with Crippen LogP contribution in [0.2, 0.25) is 0 Å². The molecule has 0 saturated carbocycles. The molecule has 0 aliphatic carbocycles. The number of benzene rings is 2. The first-order valence-electron chi connectivity index (χ1n) is 9.69. The highest BCUT2D eigenvalue weighted by molar-refractivity contribution is 5.95. The van der Waals surface area contributed by atoms with Crippen molar-refractivity contribution in [3.8, 4) is 5.75 Å². The van der Waals surface area contributed by atoms with Gasteiger partial charge in [-0.1, -0.05) is 12.1 Å². The molecule has 2 aromatic rings. The molecule has 162 valence electrons. The summed E-state index contributed by atoms with van der Waals surface area (Å²) in [5.41, 5.74) is 2.46. The summed E-state index contributed by atoms with van der Waals surface area (Å²) >= 11 is 0. The summed E-state index contributed by atoms with van der Waals surface area (Å²) in [6, 6.07) is 12.2. The van der Waals surface area contributed by atoms with Gasteiger partial charge in [-0.05, 0) is 49.2 Å². The van der Waals surface area contributed by atoms with Crippen molar-refractivity contribution in [1.29, 1.82) is 0 Å². The number of nitrogens with one attached hydrogen (secondary N) is 1. The molecule has 1 aliphatic heterocycles. The molecule has 9 nitrogen and oxygen atoms in total. The number of methoxy groups -OCH3 is 1. The lowest BCUT2D eigenvalue weighted by atomic mass is 9.95. The molecule has 1 N–H and O–H groups in total. The molecule has 0 fully saturated rings. The van der Waals surface area contributed by atoms with Crippen LogP contribution < -0.4 is 10.1 Å². The molecule has 2 amide bonds. The fraction of sp³-hybridized carbons (Fsp3) is 0.273. The van der Waals surface area contributed by atoms with E-state index in [1.54, 1.807) is 43.3 Å². The van der Waals surface area contributed by atoms with E-state index >= 15 is 0 Å². The molecule has 0 aromatic heterocycles. The van der Waals surface area contributed by atoms with E-state index in [4.69, 9.17) is 9.47 Å². The van der Waals surface area contributed by atoms with E-state index in [1.807, 2.05) is 6.92 Å². The zero-order valence-corrected chi connectivity index (χ0v) is 17.5. The zero-order valence-electron chi connectivity index (χ0n) is 17.5. The fourth-order valence-electron chi connectivity index (χ4n) is 3.42. The van der Waals surface area contributed by atoms with Gasteiger partial charge in [0.1, 0.15) is 12.4 Å². The first-order chi connectivity index (χ1) is 14.8. The van der Waals surface area contributed by atoms with Crippen LogP contribution in [0.1, 0.15) is 31.0 Å². The second-order valence-corrected chi connectivity index (χ2v) is 6.90. The number of carbonyl (C=O) groups is 2.